The number of aliphatic imine (C=N–C) groups is 1. The Bertz CT molecular complexity index is 382. The molecule has 3 heteroatoms. The average molecular weight is 232 g/mol. The fourth-order valence-corrected chi connectivity index (χ4v) is 1.94. The first-order valence-corrected chi connectivity index (χ1v) is 6.10. The number of hydrogen-bond donors (Lipinski definition) is 1. The Morgan fingerprint density at radius 1 is 1.35 bits per heavy atom. The second kappa shape index (κ2) is 5.32. The van der Waals surface area contributed by atoms with Crippen LogP contribution in [-0.4, -0.2) is 26.1 Å². The summed E-state index contributed by atoms with van der Waals surface area (Å²) < 4.78 is 5.13. The van der Waals surface area contributed by atoms with E-state index in [0.29, 0.717) is 11.3 Å². The Kier molecular flexibility index (Phi) is 3.79. The minimum Gasteiger partial charge on any atom is -0.385 e. The van der Waals surface area contributed by atoms with Crippen LogP contribution in [0.3, 0.4) is 0 Å². The first kappa shape index (κ1) is 12.1. The summed E-state index contributed by atoms with van der Waals surface area (Å²) in [7, 11) is 1.75. The average Bonchev–Trinajstić information content (AvgIpc) is 3.15. The highest BCUT2D eigenvalue weighted by molar-refractivity contribution is 5.97. The second-order valence-electron chi connectivity index (χ2n) is 4.81. The summed E-state index contributed by atoms with van der Waals surface area (Å²) in [5.41, 5.74) is 7.36. The van der Waals surface area contributed by atoms with Crippen LogP contribution in [-0.2, 0) is 4.74 Å². The lowest BCUT2D eigenvalue weighted by Crippen LogP contribution is -2.17. The zero-order valence-corrected chi connectivity index (χ0v) is 10.4. The number of hydrogen-bond acceptors (Lipinski definition) is 2. The molecule has 2 rings (SSSR count). The minimum absolute atomic E-state index is 0.370. The van der Waals surface area contributed by atoms with E-state index < -0.39 is 0 Å². The molecular weight excluding hydrogens is 212 g/mol. The van der Waals surface area contributed by atoms with E-state index in [1.807, 2.05) is 30.3 Å². The highest BCUT2D eigenvalue weighted by Crippen LogP contribution is 2.48. The minimum atomic E-state index is 0.370. The molecule has 1 saturated carbocycles. The van der Waals surface area contributed by atoms with Gasteiger partial charge in [-0.05, 0) is 24.7 Å². The fraction of sp³-hybridized carbons (Fsp3) is 0.500. The third kappa shape index (κ3) is 3.30. The third-order valence-electron chi connectivity index (χ3n) is 3.45. The standard InChI is InChI=1S/C14H20N2O/c1-17-10-9-14(7-8-14)11-16-13(15)12-5-3-2-4-6-12/h2-6H,7-11H2,1H3,(H2,15,16). The molecule has 92 valence electrons. The van der Waals surface area contributed by atoms with E-state index in [1.165, 1.54) is 12.8 Å². The first-order valence-electron chi connectivity index (χ1n) is 6.10. The van der Waals surface area contributed by atoms with Gasteiger partial charge >= 0.3 is 0 Å². The molecule has 0 amide bonds. The number of ether oxygens (including phenoxy) is 1. The van der Waals surface area contributed by atoms with Gasteiger partial charge < -0.3 is 10.5 Å². The monoisotopic (exact) mass is 232 g/mol. The molecule has 0 radical (unpaired) electrons. The van der Waals surface area contributed by atoms with Crippen LogP contribution in [0.15, 0.2) is 35.3 Å². The van der Waals surface area contributed by atoms with Gasteiger partial charge in [0.15, 0.2) is 0 Å². The van der Waals surface area contributed by atoms with Gasteiger partial charge in [0.2, 0.25) is 0 Å². The molecule has 1 aromatic carbocycles. The van der Waals surface area contributed by atoms with Crippen LogP contribution in [0.5, 0.6) is 0 Å². The molecule has 2 N–H and O–H groups in total. The van der Waals surface area contributed by atoms with Gasteiger partial charge in [-0.2, -0.15) is 0 Å². The van der Waals surface area contributed by atoms with E-state index in [0.717, 1.165) is 25.1 Å². The van der Waals surface area contributed by atoms with Crippen molar-refractivity contribution >= 4 is 5.84 Å². The molecule has 1 aliphatic rings. The van der Waals surface area contributed by atoms with Gasteiger partial charge in [0.25, 0.3) is 0 Å². The van der Waals surface area contributed by atoms with Crippen LogP contribution in [0.25, 0.3) is 0 Å². The maximum atomic E-state index is 5.98. The predicted molar refractivity (Wildman–Crippen MR) is 70.2 cm³/mol. The highest BCUT2D eigenvalue weighted by Gasteiger charge is 2.41. The summed E-state index contributed by atoms with van der Waals surface area (Å²) in [4.78, 5) is 4.52. The SMILES string of the molecule is COCCC1(CN=C(N)c2ccccc2)CC1. The van der Waals surface area contributed by atoms with Crippen LogP contribution in [0.1, 0.15) is 24.8 Å². The van der Waals surface area contributed by atoms with Crippen LogP contribution >= 0.6 is 0 Å². The number of nitrogens with zero attached hydrogens (tertiary/aromatic N) is 1. The van der Waals surface area contributed by atoms with Crippen LogP contribution < -0.4 is 5.73 Å². The van der Waals surface area contributed by atoms with Crippen molar-refractivity contribution in [1.82, 2.24) is 0 Å². The van der Waals surface area contributed by atoms with Crippen LogP contribution in [0.2, 0.25) is 0 Å². The quantitative estimate of drug-likeness (QED) is 0.604. The van der Waals surface area contributed by atoms with E-state index in [-0.39, 0.29) is 0 Å². The summed E-state index contributed by atoms with van der Waals surface area (Å²) in [5, 5.41) is 0. The zero-order valence-electron chi connectivity index (χ0n) is 10.4. The molecular formula is C14H20N2O. The van der Waals surface area contributed by atoms with E-state index in [9.17, 15) is 0 Å². The number of methoxy groups -OCH3 is 1. The topological polar surface area (TPSA) is 47.6 Å². The molecule has 0 aromatic heterocycles. The van der Waals surface area contributed by atoms with Crippen molar-refractivity contribution in [1.29, 1.82) is 0 Å². The number of nitrogens with two attached hydrogens (primary N) is 1. The number of rotatable bonds is 6. The smallest absolute Gasteiger partial charge is 0.125 e. The normalized spacial score (nSPS) is 18.1. The van der Waals surface area contributed by atoms with Gasteiger partial charge in [0.05, 0.1) is 0 Å². The molecule has 0 spiro atoms. The zero-order chi connectivity index (χ0) is 12.1. The maximum Gasteiger partial charge on any atom is 0.125 e. The molecule has 0 bridgehead atoms. The van der Waals surface area contributed by atoms with Gasteiger partial charge in [-0.15, -0.1) is 0 Å². The van der Waals surface area contributed by atoms with E-state index >= 15 is 0 Å². The lowest BCUT2D eigenvalue weighted by Gasteiger charge is -2.11. The van der Waals surface area contributed by atoms with Crippen molar-refractivity contribution in [2.45, 2.75) is 19.3 Å². The number of benzene rings is 1. The molecule has 1 aliphatic carbocycles. The fourth-order valence-electron chi connectivity index (χ4n) is 1.94. The molecule has 0 atom stereocenters. The molecule has 1 fully saturated rings. The van der Waals surface area contributed by atoms with Gasteiger partial charge in [-0.1, -0.05) is 30.3 Å². The molecule has 0 heterocycles. The van der Waals surface area contributed by atoms with Crippen molar-refractivity contribution < 1.29 is 4.74 Å². The molecule has 17 heavy (non-hydrogen) atoms. The van der Waals surface area contributed by atoms with Gasteiger partial charge in [0.1, 0.15) is 5.84 Å². The Morgan fingerprint density at radius 2 is 2.06 bits per heavy atom. The van der Waals surface area contributed by atoms with Gasteiger partial charge in [0, 0.05) is 25.8 Å². The van der Waals surface area contributed by atoms with E-state index in [1.54, 1.807) is 7.11 Å². The van der Waals surface area contributed by atoms with E-state index in [2.05, 4.69) is 4.99 Å². The lowest BCUT2D eigenvalue weighted by molar-refractivity contribution is 0.174. The van der Waals surface area contributed by atoms with Crippen molar-refractivity contribution in [3.05, 3.63) is 35.9 Å². The Morgan fingerprint density at radius 3 is 2.65 bits per heavy atom. The largest absolute Gasteiger partial charge is 0.385 e. The Labute approximate surface area is 103 Å². The highest BCUT2D eigenvalue weighted by atomic mass is 16.5. The van der Waals surface area contributed by atoms with Crippen molar-refractivity contribution in [3.63, 3.8) is 0 Å². The molecule has 0 unspecified atom stereocenters. The van der Waals surface area contributed by atoms with E-state index in [4.69, 9.17) is 10.5 Å². The summed E-state index contributed by atoms with van der Waals surface area (Å²) in [6.45, 7) is 1.65. The summed E-state index contributed by atoms with van der Waals surface area (Å²) in [6.07, 6.45) is 3.60. The Balaban J connectivity index is 1.92. The number of amidine groups is 1. The molecule has 0 aliphatic heterocycles. The van der Waals surface area contributed by atoms with Crippen molar-refractivity contribution in [2.75, 3.05) is 20.3 Å². The summed E-state index contributed by atoms with van der Waals surface area (Å²) in [6, 6.07) is 9.93. The summed E-state index contributed by atoms with van der Waals surface area (Å²) >= 11 is 0. The van der Waals surface area contributed by atoms with Gasteiger partial charge in [-0.25, -0.2) is 0 Å². The van der Waals surface area contributed by atoms with Crippen LogP contribution in [0.4, 0.5) is 0 Å². The van der Waals surface area contributed by atoms with Crippen LogP contribution in [0, 0.1) is 5.41 Å². The van der Waals surface area contributed by atoms with Crippen molar-refractivity contribution in [3.8, 4) is 0 Å². The van der Waals surface area contributed by atoms with Crippen molar-refractivity contribution in [2.24, 2.45) is 16.1 Å². The Hall–Kier alpha value is -1.35. The molecule has 3 nitrogen and oxygen atoms in total. The first-order chi connectivity index (χ1) is 8.26. The molecule has 0 saturated heterocycles. The molecule has 1 aromatic rings. The summed E-state index contributed by atoms with van der Waals surface area (Å²) in [5.74, 6) is 0.647. The predicted octanol–water partition coefficient (Wildman–Crippen LogP) is 2.21. The lowest BCUT2D eigenvalue weighted by atomic mass is 10.0. The maximum absolute atomic E-state index is 5.98. The second-order valence-corrected chi connectivity index (χ2v) is 4.81. The third-order valence-corrected chi connectivity index (χ3v) is 3.45. The van der Waals surface area contributed by atoms with Gasteiger partial charge in [-0.3, -0.25) is 4.99 Å².